The Kier molecular flexibility index (Phi) is 5.59. The largest absolute Gasteiger partial charge is 0.472 e. The average Bonchev–Trinajstić information content (AvgIpc) is 3.14. The highest BCUT2D eigenvalue weighted by atomic mass is 32.1. The van der Waals surface area contributed by atoms with Crippen molar-refractivity contribution in [3.05, 3.63) is 47.5 Å². The maximum Gasteiger partial charge on any atom is 0.295 e. The molecule has 0 aliphatic rings. The van der Waals surface area contributed by atoms with Crippen LogP contribution in [0.5, 0.6) is 5.19 Å². The summed E-state index contributed by atoms with van der Waals surface area (Å²) in [5.41, 5.74) is 2.74. The Morgan fingerprint density at radius 1 is 1.14 bits per heavy atom. The van der Waals surface area contributed by atoms with Crippen LogP contribution in [-0.2, 0) is 0 Å². The molecule has 0 saturated heterocycles. The molecule has 9 nitrogen and oxygen atoms in total. The van der Waals surface area contributed by atoms with Crippen molar-refractivity contribution in [2.45, 2.75) is 6.92 Å². The van der Waals surface area contributed by atoms with Gasteiger partial charge in [-0.2, -0.15) is 0 Å². The lowest BCUT2D eigenvalue weighted by Crippen LogP contribution is -2.21. The minimum absolute atomic E-state index is 0.174. The van der Waals surface area contributed by atoms with Gasteiger partial charge in [-0.1, -0.05) is 5.10 Å². The van der Waals surface area contributed by atoms with Gasteiger partial charge < -0.3 is 9.64 Å². The molecule has 0 aromatic carbocycles. The van der Waals surface area contributed by atoms with Gasteiger partial charge in [0, 0.05) is 43.9 Å². The van der Waals surface area contributed by atoms with Crippen molar-refractivity contribution < 1.29 is 14.3 Å². The van der Waals surface area contributed by atoms with Crippen LogP contribution in [0.3, 0.4) is 0 Å². The fourth-order valence-electron chi connectivity index (χ4n) is 2.45. The standard InChI is InChI=1S/C18H18N6O3S/c1-10-5-13(11-6-12(8-19-7-11)16(26)24(2)3)14(9-20-10)15(25)21-17-22-23-18(27-4)28-17/h5-9H,1-4H3,(H,21,22,25). The predicted molar refractivity (Wildman–Crippen MR) is 105 cm³/mol. The smallest absolute Gasteiger partial charge is 0.295 e. The number of carbonyl (C=O) groups is 2. The van der Waals surface area contributed by atoms with Crippen LogP contribution in [0.25, 0.3) is 11.1 Å². The van der Waals surface area contributed by atoms with Gasteiger partial charge in [0.15, 0.2) is 0 Å². The van der Waals surface area contributed by atoms with E-state index in [0.29, 0.717) is 32.6 Å². The van der Waals surface area contributed by atoms with E-state index in [1.54, 1.807) is 32.4 Å². The third-order valence-electron chi connectivity index (χ3n) is 3.79. The number of amides is 2. The second kappa shape index (κ2) is 8.09. The second-order valence-corrected chi connectivity index (χ2v) is 7.00. The van der Waals surface area contributed by atoms with Gasteiger partial charge >= 0.3 is 0 Å². The molecule has 28 heavy (non-hydrogen) atoms. The lowest BCUT2D eigenvalue weighted by Gasteiger charge is -2.13. The molecule has 2 amide bonds. The maximum atomic E-state index is 12.8. The van der Waals surface area contributed by atoms with E-state index >= 15 is 0 Å². The number of ether oxygens (including phenoxy) is 1. The van der Waals surface area contributed by atoms with Crippen molar-refractivity contribution in [2.24, 2.45) is 0 Å². The Labute approximate surface area is 165 Å². The first kappa shape index (κ1) is 19.4. The lowest BCUT2D eigenvalue weighted by atomic mass is 10.0. The Morgan fingerprint density at radius 3 is 2.61 bits per heavy atom. The van der Waals surface area contributed by atoms with Gasteiger partial charge in [0.2, 0.25) is 5.13 Å². The van der Waals surface area contributed by atoms with Crippen LogP contribution in [-0.4, -0.2) is 58.1 Å². The molecule has 3 rings (SSSR count). The number of methoxy groups -OCH3 is 1. The molecule has 0 spiro atoms. The highest BCUT2D eigenvalue weighted by molar-refractivity contribution is 7.17. The molecule has 144 valence electrons. The molecule has 0 unspecified atom stereocenters. The van der Waals surface area contributed by atoms with Crippen molar-refractivity contribution >= 4 is 28.3 Å². The van der Waals surface area contributed by atoms with Gasteiger partial charge in [-0.15, -0.1) is 5.10 Å². The number of nitrogens with one attached hydrogen (secondary N) is 1. The van der Waals surface area contributed by atoms with Crippen molar-refractivity contribution in [1.29, 1.82) is 0 Å². The van der Waals surface area contributed by atoms with Crippen molar-refractivity contribution in [1.82, 2.24) is 25.1 Å². The highest BCUT2D eigenvalue weighted by Crippen LogP contribution is 2.27. The molecule has 3 heterocycles. The van der Waals surface area contributed by atoms with Crippen LogP contribution < -0.4 is 10.1 Å². The molecule has 3 aromatic rings. The molecule has 0 aliphatic heterocycles. The molecular weight excluding hydrogens is 380 g/mol. The van der Waals surface area contributed by atoms with Gasteiger partial charge in [0.05, 0.1) is 18.2 Å². The Morgan fingerprint density at radius 2 is 1.93 bits per heavy atom. The van der Waals surface area contributed by atoms with Crippen molar-refractivity contribution in [3.63, 3.8) is 0 Å². The van der Waals surface area contributed by atoms with E-state index in [1.807, 2.05) is 6.92 Å². The first-order chi connectivity index (χ1) is 13.4. The topological polar surface area (TPSA) is 110 Å². The number of anilines is 1. The number of pyridine rings is 2. The minimum Gasteiger partial charge on any atom is -0.472 e. The Hall–Kier alpha value is -3.40. The zero-order valence-corrected chi connectivity index (χ0v) is 16.6. The second-order valence-electron chi connectivity index (χ2n) is 6.06. The number of hydrogen-bond donors (Lipinski definition) is 1. The molecule has 0 atom stereocenters. The molecule has 1 N–H and O–H groups in total. The summed E-state index contributed by atoms with van der Waals surface area (Å²) in [5.74, 6) is -0.572. The van der Waals surface area contributed by atoms with Gasteiger partial charge in [0.25, 0.3) is 17.0 Å². The molecule has 0 aliphatic carbocycles. The molecule has 0 saturated carbocycles. The molecule has 10 heteroatoms. The monoisotopic (exact) mass is 398 g/mol. The number of nitrogens with zero attached hydrogens (tertiary/aromatic N) is 5. The molecule has 3 aromatic heterocycles. The lowest BCUT2D eigenvalue weighted by molar-refractivity contribution is 0.0827. The van der Waals surface area contributed by atoms with Crippen LogP contribution >= 0.6 is 11.3 Å². The van der Waals surface area contributed by atoms with Crippen LogP contribution in [0, 0.1) is 6.92 Å². The first-order valence-corrected chi connectivity index (χ1v) is 9.03. The Bertz CT molecular complexity index is 1030. The van der Waals surface area contributed by atoms with E-state index in [9.17, 15) is 9.59 Å². The van der Waals surface area contributed by atoms with E-state index in [4.69, 9.17) is 4.74 Å². The van der Waals surface area contributed by atoms with Gasteiger partial charge in [-0.05, 0) is 36.0 Å². The first-order valence-electron chi connectivity index (χ1n) is 8.21. The van der Waals surface area contributed by atoms with Crippen LogP contribution in [0.2, 0.25) is 0 Å². The number of aryl methyl sites for hydroxylation is 1. The summed E-state index contributed by atoms with van der Waals surface area (Å²) in [6, 6.07) is 3.48. The zero-order valence-electron chi connectivity index (χ0n) is 15.8. The maximum absolute atomic E-state index is 12.8. The number of aromatic nitrogens is 4. The predicted octanol–water partition coefficient (Wildman–Crippen LogP) is 2.27. The summed E-state index contributed by atoms with van der Waals surface area (Å²) in [5, 5.41) is 11.0. The SMILES string of the molecule is COc1nnc(NC(=O)c2cnc(C)cc2-c2cncc(C(=O)N(C)C)c2)s1. The number of hydrogen-bond acceptors (Lipinski definition) is 8. The highest BCUT2D eigenvalue weighted by Gasteiger charge is 2.18. The van der Waals surface area contributed by atoms with Crippen LogP contribution in [0.4, 0.5) is 5.13 Å². The van der Waals surface area contributed by atoms with Gasteiger partial charge in [0.1, 0.15) is 0 Å². The van der Waals surface area contributed by atoms with E-state index in [0.717, 1.165) is 17.0 Å². The third kappa shape index (κ3) is 4.12. The van der Waals surface area contributed by atoms with Gasteiger partial charge in [-0.25, -0.2) is 0 Å². The average molecular weight is 398 g/mol. The van der Waals surface area contributed by atoms with E-state index < -0.39 is 5.91 Å². The summed E-state index contributed by atoms with van der Waals surface area (Å²) in [6.07, 6.45) is 4.58. The third-order valence-corrected chi connectivity index (χ3v) is 4.59. The van der Waals surface area contributed by atoms with Crippen LogP contribution in [0.1, 0.15) is 26.4 Å². The van der Waals surface area contributed by atoms with Crippen LogP contribution in [0.15, 0.2) is 30.7 Å². The zero-order chi connectivity index (χ0) is 20.3. The summed E-state index contributed by atoms with van der Waals surface area (Å²) in [6.45, 7) is 1.82. The molecular formula is C18H18N6O3S. The normalized spacial score (nSPS) is 10.4. The van der Waals surface area contributed by atoms with E-state index in [1.165, 1.54) is 24.4 Å². The van der Waals surface area contributed by atoms with Crippen molar-refractivity contribution in [2.75, 3.05) is 26.5 Å². The van der Waals surface area contributed by atoms with Gasteiger partial charge in [-0.3, -0.25) is 24.9 Å². The number of carbonyl (C=O) groups excluding carboxylic acids is 2. The fourth-order valence-corrected chi connectivity index (χ4v) is 3.00. The minimum atomic E-state index is -0.398. The van der Waals surface area contributed by atoms with E-state index in [2.05, 4.69) is 25.5 Å². The Balaban J connectivity index is 1.98. The van der Waals surface area contributed by atoms with E-state index in [-0.39, 0.29) is 5.91 Å². The summed E-state index contributed by atoms with van der Waals surface area (Å²) in [4.78, 5) is 34.9. The molecule has 0 radical (unpaired) electrons. The van der Waals surface area contributed by atoms with Crippen molar-refractivity contribution in [3.8, 4) is 16.3 Å². The summed E-state index contributed by atoms with van der Waals surface area (Å²) >= 11 is 1.11. The quantitative estimate of drug-likeness (QED) is 0.702. The summed E-state index contributed by atoms with van der Waals surface area (Å²) in [7, 11) is 4.81. The molecule has 0 bridgehead atoms. The fraction of sp³-hybridized carbons (Fsp3) is 0.222. The number of rotatable bonds is 5. The molecule has 0 fully saturated rings. The summed E-state index contributed by atoms with van der Waals surface area (Å²) < 4.78 is 4.98.